The number of amides is 1. The Balaban J connectivity index is 1.70. The summed E-state index contributed by atoms with van der Waals surface area (Å²) < 4.78 is 27.5. The Morgan fingerprint density at radius 3 is 2.36 bits per heavy atom. The smallest absolute Gasteiger partial charge is 0.304 e. The van der Waals surface area contributed by atoms with Crippen LogP contribution in [0, 0.1) is 11.3 Å². The highest BCUT2D eigenvalue weighted by atomic mass is 35.5. The number of rotatable bonds is 10. The van der Waals surface area contributed by atoms with Crippen molar-refractivity contribution >= 4 is 50.9 Å². The first-order valence-corrected chi connectivity index (χ1v) is 16.4. The topological polar surface area (TPSA) is 108 Å². The van der Waals surface area contributed by atoms with E-state index in [1.807, 2.05) is 30.3 Å². The molecule has 1 aliphatic carbocycles. The van der Waals surface area contributed by atoms with Crippen LogP contribution < -0.4 is 4.31 Å². The minimum absolute atomic E-state index is 0.0121. The van der Waals surface area contributed by atoms with Gasteiger partial charge in [-0.3, -0.25) is 13.9 Å². The third-order valence-electron chi connectivity index (χ3n) is 8.31. The number of benzene rings is 2. The Labute approximate surface area is 256 Å². The molecule has 4 unspecified atom stereocenters. The summed E-state index contributed by atoms with van der Waals surface area (Å²) in [5, 5.41) is 11.0. The molecule has 1 aliphatic heterocycles. The summed E-state index contributed by atoms with van der Waals surface area (Å²) in [4.78, 5) is 32.8. The van der Waals surface area contributed by atoms with Gasteiger partial charge in [0, 0.05) is 22.2 Å². The summed E-state index contributed by atoms with van der Waals surface area (Å²) in [7, 11) is -3.78. The number of hydrogen-bond donors (Lipinski definition) is 1. The second kappa shape index (κ2) is 11.9. The van der Waals surface area contributed by atoms with Crippen molar-refractivity contribution in [2.24, 2.45) is 11.3 Å². The third kappa shape index (κ3) is 6.43. The molecule has 2 fully saturated rings. The van der Waals surface area contributed by atoms with Crippen molar-refractivity contribution in [3.63, 3.8) is 0 Å². The van der Waals surface area contributed by atoms with Crippen LogP contribution >= 0.6 is 23.2 Å². The summed E-state index contributed by atoms with van der Waals surface area (Å²) in [5.74, 6) is -1.42. The standard InChI is InChI=1S/C31H33Cl2N3O5S/c1-31(18-28(37)38)17-25(22-6-5-7-24(33)16-22)29(21-11-13-23(32)14-12-21)36(30(31)39)26(20-9-10-20)19-35(42(2,40)41)27-8-3-4-15-34-27/h3-8,11-16,20,25-26,29H,9-10,17-19H2,1-2H3,(H,37,38). The van der Waals surface area contributed by atoms with E-state index in [1.54, 1.807) is 48.2 Å². The van der Waals surface area contributed by atoms with Gasteiger partial charge in [-0.2, -0.15) is 0 Å². The van der Waals surface area contributed by atoms with Gasteiger partial charge >= 0.3 is 5.97 Å². The van der Waals surface area contributed by atoms with Gasteiger partial charge in [-0.25, -0.2) is 13.4 Å². The van der Waals surface area contributed by atoms with E-state index in [2.05, 4.69) is 4.98 Å². The Morgan fingerprint density at radius 1 is 1.07 bits per heavy atom. The van der Waals surface area contributed by atoms with Gasteiger partial charge in [0.25, 0.3) is 0 Å². The van der Waals surface area contributed by atoms with Crippen molar-refractivity contribution < 1.29 is 23.1 Å². The second-order valence-electron chi connectivity index (χ2n) is 11.6. The minimum Gasteiger partial charge on any atom is -0.481 e. The lowest BCUT2D eigenvalue weighted by molar-refractivity contribution is -0.160. The van der Waals surface area contributed by atoms with Crippen LogP contribution in [0.5, 0.6) is 0 Å². The highest BCUT2D eigenvalue weighted by molar-refractivity contribution is 7.92. The monoisotopic (exact) mass is 629 g/mol. The maximum atomic E-state index is 14.6. The molecule has 0 spiro atoms. The number of hydrogen-bond acceptors (Lipinski definition) is 5. The fraction of sp³-hybridized carbons (Fsp3) is 0.387. The first-order valence-electron chi connectivity index (χ1n) is 13.8. The van der Waals surface area contributed by atoms with Gasteiger partial charge in [-0.1, -0.05) is 60.5 Å². The van der Waals surface area contributed by atoms with Crippen molar-refractivity contribution in [1.82, 2.24) is 9.88 Å². The molecule has 2 aromatic carbocycles. The summed E-state index contributed by atoms with van der Waals surface area (Å²) in [5.41, 5.74) is 0.454. The Morgan fingerprint density at radius 2 is 1.79 bits per heavy atom. The second-order valence-corrected chi connectivity index (χ2v) is 14.4. The van der Waals surface area contributed by atoms with Crippen LogP contribution in [0.4, 0.5) is 5.82 Å². The molecule has 11 heteroatoms. The number of carbonyl (C=O) groups excluding carboxylic acids is 1. The number of nitrogens with zero attached hydrogens (tertiary/aromatic N) is 3. The lowest BCUT2D eigenvalue weighted by atomic mass is 9.67. The van der Waals surface area contributed by atoms with Gasteiger partial charge in [-0.05, 0) is 72.7 Å². The van der Waals surface area contributed by atoms with E-state index in [0.29, 0.717) is 10.0 Å². The van der Waals surface area contributed by atoms with Gasteiger partial charge in [-0.15, -0.1) is 0 Å². The van der Waals surface area contributed by atoms with Gasteiger partial charge in [0.05, 0.1) is 36.7 Å². The van der Waals surface area contributed by atoms with Crippen LogP contribution in [0.2, 0.25) is 10.0 Å². The van der Waals surface area contributed by atoms with Gasteiger partial charge < -0.3 is 10.0 Å². The number of anilines is 1. The summed E-state index contributed by atoms with van der Waals surface area (Å²) in [6.45, 7) is 1.69. The predicted molar refractivity (Wildman–Crippen MR) is 163 cm³/mol. The van der Waals surface area contributed by atoms with E-state index >= 15 is 0 Å². The SMILES string of the molecule is CC1(CC(=O)O)CC(c2cccc(Cl)c2)C(c2ccc(Cl)cc2)N(C(CN(c2ccccn2)S(C)(=O)=O)C2CC2)C1=O. The number of carboxylic acids is 1. The van der Waals surface area contributed by atoms with E-state index in [0.717, 1.165) is 30.2 Å². The van der Waals surface area contributed by atoms with Crippen molar-refractivity contribution in [2.75, 3.05) is 17.1 Å². The van der Waals surface area contributed by atoms with E-state index in [4.69, 9.17) is 23.2 Å². The molecule has 0 bridgehead atoms. The quantitative estimate of drug-likeness (QED) is 0.287. The van der Waals surface area contributed by atoms with E-state index in [-0.39, 0.29) is 42.9 Å². The lowest BCUT2D eigenvalue weighted by Gasteiger charge is -2.52. The van der Waals surface area contributed by atoms with Crippen LogP contribution in [0.3, 0.4) is 0 Å². The molecule has 4 atom stereocenters. The number of aliphatic carboxylic acids is 1. The van der Waals surface area contributed by atoms with Crippen molar-refractivity contribution in [1.29, 1.82) is 0 Å². The van der Waals surface area contributed by atoms with Crippen LogP contribution in [0.1, 0.15) is 55.7 Å². The first kappa shape index (κ1) is 30.3. The first-order chi connectivity index (χ1) is 19.9. The van der Waals surface area contributed by atoms with E-state index in [1.165, 1.54) is 10.5 Å². The van der Waals surface area contributed by atoms with Gasteiger partial charge in [0.2, 0.25) is 15.9 Å². The molecule has 1 aromatic heterocycles. The van der Waals surface area contributed by atoms with Gasteiger partial charge in [0.1, 0.15) is 5.82 Å². The molecular weight excluding hydrogens is 597 g/mol. The number of halogens is 2. The molecule has 222 valence electrons. The van der Waals surface area contributed by atoms with Crippen molar-refractivity contribution in [2.45, 2.75) is 50.6 Å². The number of carboxylic acid groups (broad SMARTS) is 1. The number of pyridine rings is 1. The molecule has 1 saturated carbocycles. The average molecular weight is 631 g/mol. The van der Waals surface area contributed by atoms with E-state index in [9.17, 15) is 23.1 Å². The maximum absolute atomic E-state index is 14.6. The fourth-order valence-electron chi connectivity index (χ4n) is 6.26. The van der Waals surface area contributed by atoms with Crippen molar-refractivity contribution in [3.05, 3.63) is 94.1 Å². The summed E-state index contributed by atoms with van der Waals surface area (Å²) >= 11 is 12.7. The van der Waals surface area contributed by atoms with Crippen LogP contribution in [0.15, 0.2) is 72.9 Å². The number of aromatic nitrogens is 1. The molecule has 8 nitrogen and oxygen atoms in total. The molecule has 5 rings (SSSR count). The summed E-state index contributed by atoms with van der Waals surface area (Å²) in [6.07, 6.45) is 4.21. The van der Waals surface area contributed by atoms with Crippen LogP contribution in [0.25, 0.3) is 0 Å². The zero-order valence-electron chi connectivity index (χ0n) is 23.4. The molecule has 2 aliphatic rings. The largest absolute Gasteiger partial charge is 0.481 e. The number of carbonyl (C=O) groups is 2. The summed E-state index contributed by atoms with van der Waals surface area (Å²) in [6, 6.07) is 18.7. The average Bonchev–Trinajstić information content (AvgIpc) is 3.76. The number of likely N-dealkylation sites (tertiary alicyclic amines) is 1. The Kier molecular flexibility index (Phi) is 8.56. The zero-order chi connectivity index (χ0) is 30.2. The van der Waals surface area contributed by atoms with E-state index < -0.39 is 33.5 Å². The molecule has 2 heterocycles. The normalized spacial score (nSPS) is 23.4. The molecule has 1 saturated heterocycles. The maximum Gasteiger partial charge on any atom is 0.304 e. The molecule has 0 radical (unpaired) electrons. The Hall–Kier alpha value is -3.14. The highest BCUT2D eigenvalue weighted by Crippen LogP contribution is 2.54. The van der Waals surface area contributed by atoms with Crippen LogP contribution in [-0.4, -0.2) is 54.1 Å². The molecular formula is C31H33Cl2N3O5S. The highest BCUT2D eigenvalue weighted by Gasteiger charge is 2.55. The zero-order valence-corrected chi connectivity index (χ0v) is 25.7. The fourth-order valence-corrected chi connectivity index (χ4v) is 7.46. The molecule has 1 N–H and O–H groups in total. The van der Waals surface area contributed by atoms with Crippen LogP contribution in [-0.2, 0) is 19.6 Å². The third-order valence-corrected chi connectivity index (χ3v) is 9.94. The number of piperidine rings is 1. The van der Waals surface area contributed by atoms with Gasteiger partial charge in [0.15, 0.2) is 0 Å². The molecule has 3 aromatic rings. The minimum atomic E-state index is -3.78. The molecule has 42 heavy (non-hydrogen) atoms. The lowest BCUT2D eigenvalue weighted by Crippen LogP contribution is -2.59. The Bertz CT molecular complexity index is 1570. The van der Waals surface area contributed by atoms with Crippen molar-refractivity contribution in [3.8, 4) is 0 Å². The number of sulfonamides is 1. The predicted octanol–water partition coefficient (Wildman–Crippen LogP) is 6.17. The molecule has 1 amide bonds.